The van der Waals surface area contributed by atoms with Gasteiger partial charge in [-0.1, -0.05) is 42.5 Å². The van der Waals surface area contributed by atoms with Crippen molar-refractivity contribution in [3.63, 3.8) is 0 Å². The summed E-state index contributed by atoms with van der Waals surface area (Å²) in [6.45, 7) is 6.41. The molecule has 150 valence electrons. The van der Waals surface area contributed by atoms with Crippen LogP contribution < -0.4 is 4.57 Å². The average Bonchev–Trinajstić information content (AvgIpc) is 3.17. The molecule has 0 unspecified atom stereocenters. The van der Waals surface area contributed by atoms with Gasteiger partial charge in [-0.15, -0.1) is 0 Å². The van der Waals surface area contributed by atoms with Gasteiger partial charge in [0.2, 0.25) is 5.69 Å². The molecule has 0 atom stereocenters. The Morgan fingerprint density at radius 3 is 2.35 bits per heavy atom. The quantitative estimate of drug-likeness (QED) is 0.314. The standard InChI is InChI=1S/C28H23N2O/c1-17-14-15-30(4)26(19(17)3)24-18(2)10-12-23-25-21(16-29)11-13-22(27(25)31-28(23)24)20-8-6-5-7-9-20/h5-15H,1-4H3/q+1. The van der Waals surface area contributed by atoms with Crippen LogP contribution in [0.15, 0.2) is 71.3 Å². The maximum absolute atomic E-state index is 9.84. The summed E-state index contributed by atoms with van der Waals surface area (Å²) in [4.78, 5) is 0. The zero-order valence-electron chi connectivity index (χ0n) is 18.2. The zero-order valence-corrected chi connectivity index (χ0v) is 18.2. The van der Waals surface area contributed by atoms with E-state index < -0.39 is 0 Å². The predicted molar refractivity (Wildman–Crippen MR) is 125 cm³/mol. The molecule has 0 spiro atoms. The first-order valence-electron chi connectivity index (χ1n) is 10.4. The van der Waals surface area contributed by atoms with Crippen molar-refractivity contribution in [3.8, 4) is 28.5 Å². The third-order valence-electron chi connectivity index (χ3n) is 6.29. The minimum atomic E-state index is 0.633. The highest BCUT2D eigenvalue weighted by atomic mass is 16.3. The summed E-state index contributed by atoms with van der Waals surface area (Å²) < 4.78 is 8.79. The van der Waals surface area contributed by atoms with Crippen molar-refractivity contribution in [3.05, 3.63) is 89.1 Å². The number of furan rings is 1. The summed E-state index contributed by atoms with van der Waals surface area (Å²) >= 11 is 0. The van der Waals surface area contributed by atoms with Crippen LogP contribution in [-0.4, -0.2) is 0 Å². The Bertz CT molecular complexity index is 1520. The molecule has 5 rings (SSSR count). The third-order valence-corrected chi connectivity index (χ3v) is 6.29. The van der Waals surface area contributed by atoms with E-state index in [2.05, 4.69) is 75.0 Å². The Hall–Kier alpha value is -3.90. The molecule has 2 aromatic heterocycles. The van der Waals surface area contributed by atoms with Gasteiger partial charge in [0.1, 0.15) is 18.2 Å². The summed E-state index contributed by atoms with van der Waals surface area (Å²) in [6, 6.07) is 22.8. The first-order chi connectivity index (χ1) is 15.0. The largest absolute Gasteiger partial charge is 0.454 e. The topological polar surface area (TPSA) is 40.8 Å². The van der Waals surface area contributed by atoms with Crippen LogP contribution in [0, 0.1) is 32.1 Å². The Balaban J connectivity index is 1.97. The second-order valence-corrected chi connectivity index (χ2v) is 8.16. The number of pyridine rings is 1. The SMILES string of the molecule is Cc1cc[n+](C)c(-c2c(C)ccc3c2oc2c(-c4ccccc4)ccc(C#N)c23)c1C. The fourth-order valence-electron chi connectivity index (χ4n) is 4.51. The molecule has 0 amide bonds. The van der Waals surface area contributed by atoms with Gasteiger partial charge in [-0.3, -0.25) is 0 Å². The molecular weight excluding hydrogens is 380 g/mol. The number of aryl methyl sites for hydroxylation is 3. The first kappa shape index (κ1) is 19.1. The monoisotopic (exact) mass is 403 g/mol. The van der Waals surface area contributed by atoms with Gasteiger partial charge in [-0.05, 0) is 49.6 Å². The maximum Gasteiger partial charge on any atom is 0.219 e. The fourth-order valence-corrected chi connectivity index (χ4v) is 4.51. The predicted octanol–water partition coefficient (Wildman–Crippen LogP) is 6.54. The van der Waals surface area contributed by atoms with Gasteiger partial charge in [0.15, 0.2) is 6.20 Å². The van der Waals surface area contributed by atoms with E-state index in [0.717, 1.165) is 49.9 Å². The van der Waals surface area contributed by atoms with Crippen molar-refractivity contribution in [1.29, 1.82) is 5.26 Å². The van der Waals surface area contributed by atoms with E-state index in [9.17, 15) is 5.26 Å². The van der Waals surface area contributed by atoms with E-state index in [1.807, 2.05) is 30.3 Å². The molecule has 0 N–H and O–H groups in total. The van der Waals surface area contributed by atoms with Crippen molar-refractivity contribution >= 4 is 21.9 Å². The molecule has 3 nitrogen and oxygen atoms in total. The van der Waals surface area contributed by atoms with Gasteiger partial charge in [-0.25, -0.2) is 4.57 Å². The summed E-state index contributed by atoms with van der Waals surface area (Å²) in [5, 5.41) is 11.7. The van der Waals surface area contributed by atoms with Gasteiger partial charge in [0, 0.05) is 28.0 Å². The van der Waals surface area contributed by atoms with Crippen molar-refractivity contribution in [2.45, 2.75) is 20.8 Å². The van der Waals surface area contributed by atoms with Crippen molar-refractivity contribution in [2.75, 3.05) is 0 Å². The van der Waals surface area contributed by atoms with Gasteiger partial charge < -0.3 is 4.42 Å². The molecule has 0 aliphatic heterocycles. The maximum atomic E-state index is 9.84. The summed E-state index contributed by atoms with van der Waals surface area (Å²) in [6.07, 6.45) is 2.09. The molecule has 0 saturated heterocycles. The number of hydrogen-bond acceptors (Lipinski definition) is 2. The smallest absolute Gasteiger partial charge is 0.219 e. The molecule has 0 fully saturated rings. The molecule has 5 aromatic rings. The lowest BCUT2D eigenvalue weighted by molar-refractivity contribution is -0.660. The zero-order chi connectivity index (χ0) is 21.7. The Kier molecular flexibility index (Phi) is 4.38. The van der Waals surface area contributed by atoms with Crippen molar-refractivity contribution in [2.24, 2.45) is 7.05 Å². The summed E-state index contributed by atoms with van der Waals surface area (Å²) in [5.41, 5.74) is 10.1. The van der Waals surface area contributed by atoms with Crippen LogP contribution in [0.5, 0.6) is 0 Å². The van der Waals surface area contributed by atoms with E-state index >= 15 is 0 Å². The number of fused-ring (bicyclic) bond motifs is 3. The lowest BCUT2D eigenvalue weighted by atomic mass is 9.94. The van der Waals surface area contributed by atoms with Crippen LogP contribution in [-0.2, 0) is 7.05 Å². The fraction of sp³-hybridized carbons (Fsp3) is 0.143. The molecule has 31 heavy (non-hydrogen) atoms. The van der Waals surface area contributed by atoms with Gasteiger partial charge in [0.05, 0.1) is 17.2 Å². The Morgan fingerprint density at radius 2 is 1.61 bits per heavy atom. The van der Waals surface area contributed by atoms with Gasteiger partial charge >= 0.3 is 0 Å². The van der Waals surface area contributed by atoms with Crippen LogP contribution in [0.4, 0.5) is 0 Å². The average molecular weight is 404 g/mol. The van der Waals surface area contributed by atoms with Crippen LogP contribution in [0.3, 0.4) is 0 Å². The Morgan fingerprint density at radius 1 is 0.839 bits per heavy atom. The number of rotatable bonds is 2. The highest BCUT2D eigenvalue weighted by Crippen LogP contribution is 2.42. The second kappa shape index (κ2) is 7.11. The normalized spacial score (nSPS) is 11.2. The number of nitrogens with zero attached hydrogens (tertiary/aromatic N) is 2. The van der Waals surface area contributed by atoms with Crippen LogP contribution in [0.25, 0.3) is 44.3 Å². The first-order valence-corrected chi connectivity index (χ1v) is 10.4. The molecule has 3 heteroatoms. The minimum absolute atomic E-state index is 0.633. The number of benzene rings is 3. The van der Waals surface area contributed by atoms with E-state index in [-0.39, 0.29) is 0 Å². The van der Waals surface area contributed by atoms with Crippen LogP contribution in [0.2, 0.25) is 0 Å². The summed E-state index contributed by atoms with van der Waals surface area (Å²) in [7, 11) is 2.07. The number of nitriles is 1. The molecule has 0 aliphatic carbocycles. The number of aromatic nitrogens is 1. The highest BCUT2D eigenvalue weighted by Gasteiger charge is 2.25. The Labute approximate surface area is 181 Å². The molecule has 2 heterocycles. The van der Waals surface area contributed by atoms with Crippen LogP contribution >= 0.6 is 0 Å². The van der Waals surface area contributed by atoms with E-state index in [0.29, 0.717) is 5.56 Å². The molecule has 0 radical (unpaired) electrons. The second-order valence-electron chi connectivity index (χ2n) is 8.16. The van der Waals surface area contributed by atoms with E-state index in [1.54, 1.807) is 0 Å². The highest BCUT2D eigenvalue weighted by molar-refractivity contribution is 6.15. The molecule has 3 aromatic carbocycles. The van der Waals surface area contributed by atoms with Gasteiger partial charge in [0.25, 0.3) is 0 Å². The molecule has 0 bridgehead atoms. The molecule has 0 aliphatic rings. The van der Waals surface area contributed by atoms with E-state index in [4.69, 9.17) is 4.42 Å². The summed E-state index contributed by atoms with van der Waals surface area (Å²) in [5.74, 6) is 0. The lowest BCUT2D eigenvalue weighted by Crippen LogP contribution is -2.32. The van der Waals surface area contributed by atoms with Crippen molar-refractivity contribution in [1.82, 2.24) is 0 Å². The lowest BCUT2D eigenvalue weighted by Gasteiger charge is -2.09. The van der Waals surface area contributed by atoms with Crippen molar-refractivity contribution < 1.29 is 8.98 Å². The minimum Gasteiger partial charge on any atom is -0.454 e. The molecular formula is C28H23N2O+. The number of hydrogen-bond donors (Lipinski definition) is 0. The van der Waals surface area contributed by atoms with Crippen LogP contribution in [0.1, 0.15) is 22.3 Å². The van der Waals surface area contributed by atoms with Gasteiger partial charge in [-0.2, -0.15) is 5.26 Å². The third kappa shape index (κ3) is 2.84. The van der Waals surface area contributed by atoms with E-state index in [1.165, 1.54) is 11.1 Å². The molecule has 0 saturated carbocycles.